The zero-order chi connectivity index (χ0) is 18.7. The number of piperazine rings is 1. The summed E-state index contributed by atoms with van der Waals surface area (Å²) in [6, 6.07) is 11.5. The highest BCUT2D eigenvalue weighted by atomic mass is 32.2. The van der Waals surface area contributed by atoms with Crippen LogP contribution in [0.15, 0.2) is 45.7 Å². The van der Waals surface area contributed by atoms with Crippen LogP contribution in [-0.2, 0) is 16.4 Å². The zero-order valence-electron chi connectivity index (χ0n) is 14.4. The van der Waals surface area contributed by atoms with Crippen molar-refractivity contribution in [3.63, 3.8) is 0 Å². The van der Waals surface area contributed by atoms with Crippen LogP contribution >= 0.6 is 0 Å². The van der Waals surface area contributed by atoms with Crippen molar-refractivity contribution in [3.05, 3.63) is 53.5 Å². The van der Waals surface area contributed by atoms with E-state index in [1.165, 1.54) is 16.4 Å². The molecule has 2 heterocycles. The van der Waals surface area contributed by atoms with Crippen LogP contribution in [0.1, 0.15) is 28.8 Å². The van der Waals surface area contributed by atoms with Crippen molar-refractivity contribution in [2.24, 2.45) is 0 Å². The van der Waals surface area contributed by atoms with E-state index in [0.29, 0.717) is 6.42 Å². The molecule has 0 spiro atoms. The summed E-state index contributed by atoms with van der Waals surface area (Å²) in [7, 11) is -3.77. The van der Waals surface area contributed by atoms with Crippen LogP contribution in [0.3, 0.4) is 0 Å². The summed E-state index contributed by atoms with van der Waals surface area (Å²) < 4.78 is 32.4. The number of carbonyl (C=O) groups is 1. The first-order valence-electron chi connectivity index (χ1n) is 8.34. The smallest absolute Gasteiger partial charge is 0.289 e. The van der Waals surface area contributed by atoms with Crippen LogP contribution in [0.25, 0.3) is 0 Å². The largest absolute Gasteiger partial charge is 0.456 e. The predicted octanol–water partition coefficient (Wildman–Crippen LogP) is 1.86. The Hall–Kier alpha value is -2.63. The standard InChI is InChI=1S/C18H19N3O4S/c1-2-15-7-8-16(25-15)18(22)20-9-11-21(12-10-20)26(23,24)17-6-4-3-5-14(17)13-19/h3-8H,2,9-12H2,1H3. The zero-order valence-corrected chi connectivity index (χ0v) is 15.2. The summed E-state index contributed by atoms with van der Waals surface area (Å²) in [5.74, 6) is 0.773. The summed E-state index contributed by atoms with van der Waals surface area (Å²) in [5, 5.41) is 9.15. The van der Waals surface area contributed by atoms with E-state index in [1.807, 2.05) is 13.0 Å². The highest BCUT2D eigenvalue weighted by molar-refractivity contribution is 7.89. The molecule has 1 aromatic heterocycles. The number of benzene rings is 1. The van der Waals surface area contributed by atoms with Crippen LogP contribution < -0.4 is 0 Å². The Labute approximate surface area is 152 Å². The third-order valence-corrected chi connectivity index (χ3v) is 6.33. The Balaban J connectivity index is 1.72. The van der Waals surface area contributed by atoms with Gasteiger partial charge in [-0.25, -0.2) is 8.42 Å². The van der Waals surface area contributed by atoms with Gasteiger partial charge in [-0.2, -0.15) is 9.57 Å². The molecule has 0 unspecified atom stereocenters. The third kappa shape index (κ3) is 3.36. The van der Waals surface area contributed by atoms with Gasteiger partial charge >= 0.3 is 0 Å². The molecule has 0 atom stereocenters. The molecule has 1 fully saturated rings. The van der Waals surface area contributed by atoms with Crippen molar-refractivity contribution in [3.8, 4) is 6.07 Å². The van der Waals surface area contributed by atoms with Crippen LogP contribution in [0, 0.1) is 11.3 Å². The Morgan fingerprint density at radius 1 is 1.15 bits per heavy atom. The second-order valence-corrected chi connectivity index (χ2v) is 7.83. The minimum atomic E-state index is -3.77. The first-order chi connectivity index (χ1) is 12.5. The van der Waals surface area contributed by atoms with Crippen molar-refractivity contribution in [2.75, 3.05) is 26.2 Å². The average molecular weight is 373 g/mol. The number of amides is 1. The Bertz CT molecular complexity index is 951. The lowest BCUT2D eigenvalue weighted by Crippen LogP contribution is -2.50. The first-order valence-corrected chi connectivity index (χ1v) is 9.78. The van der Waals surface area contributed by atoms with Gasteiger partial charge in [-0.3, -0.25) is 4.79 Å². The number of aryl methyl sites for hydroxylation is 1. The van der Waals surface area contributed by atoms with Gasteiger partial charge in [0.2, 0.25) is 10.0 Å². The third-order valence-electron chi connectivity index (χ3n) is 4.37. The van der Waals surface area contributed by atoms with Crippen molar-refractivity contribution in [1.82, 2.24) is 9.21 Å². The molecule has 1 aliphatic heterocycles. The van der Waals surface area contributed by atoms with E-state index in [9.17, 15) is 13.2 Å². The normalized spacial score (nSPS) is 15.6. The predicted molar refractivity (Wildman–Crippen MR) is 93.9 cm³/mol. The first kappa shape index (κ1) is 18.2. The number of sulfonamides is 1. The molecule has 0 bridgehead atoms. The summed E-state index contributed by atoms with van der Waals surface area (Å²) in [5.41, 5.74) is 0.119. The second kappa shape index (κ2) is 7.32. The van der Waals surface area contributed by atoms with Crippen molar-refractivity contribution < 1.29 is 17.6 Å². The number of rotatable bonds is 4. The summed E-state index contributed by atoms with van der Waals surface area (Å²) >= 11 is 0. The SMILES string of the molecule is CCc1ccc(C(=O)N2CCN(S(=O)(=O)c3ccccc3C#N)CC2)o1. The van der Waals surface area contributed by atoms with Gasteiger partial charge < -0.3 is 9.32 Å². The van der Waals surface area contributed by atoms with Gasteiger partial charge in [0.25, 0.3) is 5.91 Å². The Morgan fingerprint density at radius 2 is 1.85 bits per heavy atom. The fourth-order valence-electron chi connectivity index (χ4n) is 2.89. The van der Waals surface area contributed by atoms with Crippen molar-refractivity contribution in [2.45, 2.75) is 18.2 Å². The van der Waals surface area contributed by atoms with Crippen LogP contribution in [0.4, 0.5) is 0 Å². The van der Waals surface area contributed by atoms with E-state index in [-0.39, 0.29) is 48.3 Å². The van der Waals surface area contributed by atoms with Gasteiger partial charge in [-0.1, -0.05) is 19.1 Å². The second-order valence-electron chi connectivity index (χ2n) is 5.92. The molecule has 0 N–H and O–H groups in total. The Morgan fingerprint density at radius 3 is 2.46 bits per heavy atom. The molecule has 26 heavy (non-hydrogen) atoms. The molecule has 8 heteroatoms. The number of furan rings is 1. The van der Waals surface area contributed by atoms with Crippen LogP contribution in [0.2, 0.25) is 0 Å². The molecule has 1 saturated heterocycles. The number of nitriles is 1. The Kier molecular flexibility index (Phi) is 5.11. The highest BCUT2D eigenvalue weighted by Crippen LogP contribution is 2.22. The number of nitrogens with zero attached hydrogens (tertiary/aromatic N) is 3. The number of hydrogen-bond acceptors (Lipinski definition) is 5. The summed E-state index contributed by atoms with van der Waals surface area (Å²) in [6.45, 7) is 2.84. The average Bonchev–Trinajstić information content (AvgIpc) is 3.16. The monoisotopic (exact) mass is 373 g/mol. The highest BCUT2D eigenvalue weighted by Gasteiger charge is 2.32. The molecule has 1 aromatic carbocycles. The van der Waals surface area contributed by atoms with Crippen molar-refractivity contribution in [1.29, 1.82) is 5.26 Å². The fourth-order valence-corrected chi connectivity index (χ4v) is 4.46. The molecule has 1 amide bonds. The molecule has 0 radical (unpaired) electrons. The summed E-state index contributed by atoms with van der Waals surface area (Å²) in [4.78, 5) is 14.1. The van der Waals surface area contributed by atoms with E-state index in [4.69, 9.17) is 9.68 Å². The molecule has 0 saturated carbocycles. The maximum Gasteiger partial charge on any atom is 0.289 e. The lowest BCUT2D eigenvalue weighted by Gasteiger charge is -2.33. The quantitative estimate of drug-likeness (QED) is 0.815. The van der Waals surface area contributed by atoms with E-state index in [2.05, 4.69) is 0 Å². The minimum absolute atomic E-state index is 0.000832. The molecule has 1 aliphatic rings. The van der Waals surface area contributed by atoms with Gasteiger partial charge in [0.1, 0.15) is 11.8 Å². The molecule has 136 valence electrons. The molecular formula is C18H19N3O4S. The van der Waals surface area contributed by atoms with Crippen LogP contribution in [0.5, 0.6) is 0 Å². The molecule has 0 aliphatic carbocycles. The van der Waals surface area contributed by atoms with Gasteiger partial charge in [0.15, 0.2) is 5.76 Å². The van der Waals surface area contributed by atoms with Crippen LogP contribution in [-0.4, -0.2) is 49.7 Å². The van der Waals surface area contributed by atoms with Gasteiger partial charge in [-0.05, 0) is 24.3 Å². The lowest BCUT2D eigenvalue weighted by molar-refractivity contribution is 0.0664. The maximum absolute atomic E-state index is 12.8. The lowest BCUT2D eigenvalue weighted by atomic mass is 10.2. The van der Waals surface area contributed by atoms with Crippen molar-refractivity contribution >= 4 is 15.9 Å². The van der Waals surface area contributed by atoms with E-state index in [1.54, 1.807) is 29.2 Å². The van der Waals surface area contributed by atoms with E-state index >= 15 is 0 Å². The topological polar surface area (TPSA) is 94.6 Å². The maximum atomic E-state index is 12.8. The van der Waals surface area contributed by atoms with Gasteiger partial charge in [0.05, 0.1) is 10.5 Å². The molecule has 7 nitrogen and oxygen atoms in total. The van der Waals surface area contributed by atoms with E-state index in [0.717, 1.165) is 5.76 Å². The van der Waals surface area contributed by atoms with Gasteiger partial charge in [-0.15, -0.1) is 0 Å². The molecule has 3 rings (SSSR count). The van der Waals surface area contributed by atoms with Gasteiger partial charge in [0, 0.05) is 32.6 Å². The summed E-state index contributed by atoms with van der Waals surface area (Å²) in [6.07, 6.45) is 0.706. The van der Waals surface area contributed by atoms with E-state index < -0.39 is 10.0 Å². The number of hydrogen-bond donors (Lipinski definition) is 0. The minimum Gasteiger partial charge on any atom is -0.456 e. The number of carbonyl (C=O) groups excluding carboxylic acids is 1. The fraction of sp³-hybridized carbons (Fsp3) is 0.333. The molecular weight excluding hydrogens is 354 g/mol. The molecule has 2 aromatic rings.